The summed E-state index contributed by atoms with van der Waals surface area (Å²) < 4.78 is 0. The van der Waals surface area contributed by atoms with Crippen molar-refractivity contribution in [2.75, 3.05) is 0 Å². The van der Waals surface area contributed by atoms with E-state index in [-0.39, 0.29) is 5.41 Å². The van der Waals surface area contributed by atoms with Gasteiger partial charge in [-0.25, -0.2) is 0 Å². The van der Waals surface area contributed by atoms with Crippen LogP contribution in [-0.2, 0) is 5.41 Å². The molecule has 0 N–H and O–H groups in total. The molecule has 0 spiro atoms. The first-order chi connectivity index (χ1) is 7.00. The van der Waals surface area contributed by atoms with E-state index in [4.69, 9.17) is 0 Å². The average Bonchev–Trinajstić information content (AvgIpc) is 2.15. The number of rotatable bonds is 0. The predicted octanol–water partition coefficient (Wildman–Crippen LogP) is 3.84. The molecule has 0 aliphatic rings. The molecule has 0 fully saturated rings. The Bertz CT molecular complexity index is 492. The van der Waals surface area contributed by atoms with Crippen LogP contribution in [0, 0.1) is 6.92 Å². The molecular weight excluding hydrogens is 182 g/mol. The van der Waals surface area contributed by atoms with Crippen molar-refractivity contribution in [1.29, 1.82) is 0 Å². The van der Waals surface area contributed by atoms with Gasteiger partial charge < -0.3 is 0 Å². The Morgan fingerprint density at radius 3 is 2.40 bits per heavy atom. The molecule has 0 amide bonds. The molecule has 0 saturated carbocycles. The predicted molar refractivity (Wildman–Crippen MR) is 65.2 cm³/mol. The molecule has 1 aromatic heterocycles. The van der Waals surface area contributed by atoms with Crippen LogP contribution in [0.4, 0.5) is 0 Å². The van der Waals surface area contributed by atoms with Crippen molar-refractivity contribution in [2.45, 2.75) is 33.1 Å². The third kappa shape index (κ3) is 1.74. The molecule has 1 nitrogen and oxygen atoms in total. The zero-order valence-electron chi connectivity index (χ0n) is 9.83. The number of benzene rings is 1. The normalized spacial score (nSPS) is 12.0. The van der Waals surface area contributed by atoms with E-state index >= 15 is 0 Å². The Balaban J connectivity index is 2.86. The lowest BCUT2D eigenvalue weighted by Crippen LogP contribution is -2.14. The summed E-state index contributed by atoms with van der Waals surface area (Å²) in [4.78, 5) is 4.47. The van der Waals surface area contributed by atoms with Crippen LogP contribution in [0.15, 0.2) is 30.5 Å². The van der Waals surface area contributed by atoms with Crippen molar-refractivity contribution in [3.63, 3.8) is 0 Å². The lowest BCUT2D eigenvalue weighted by Gasteiger charge is -2.23. The van der Waals surface area contributed by atoms with Gasteiger partial charge in [-0.1, -0.05) is 45.0 Å². The van der Waals surface area contributed by atoms with E-state index in [2.05, 4.69) is 56.9 Å². The number of fused-ring (bicyclic) bond motifs is 1. The summed E-state index contributed by atoms with van der Waals surface area (Å²) in [6.45, 7) is 8.81. The molecule has 0 aliphatic carbocycles. The average molecular weight is 199 g/mol. The van der Waals surface area contributed by atoms with E-state index < -0.39 is 0 Å². The van der Waals surface area contributed by atoms with E-state index in [1.165, 1.54) is 16.3 Å². The fourth-order valence-electron chi connectivity index (χ4n) is 2.21. The molecule has 0 bridgehead atoms. The van der Waals surface area contributed by atoms with Gasteiger partial charge in [0.2, 0.25) is 0 Å². The van der Waals surface area contributed by atoms with Crippen LogP contribution in [0.25, 0.3) is 10.8 Å². The number of hydrogen-bond acceptors (Lipinski definition) is 1. The minimum atomic E-state index is 0.151. The van der Waals surface area contributed by atoms with E-state index in [1.54, 1.807) is 0 Å². The molecule has 0 saturated heterocycles. The Labute approximate surface area is 91.2 Å². The van der Waals surface area contributed by atoms with Gasteiger partial charge >= 0.3 is 0 Å². The molecular formula is C14H17N. The molecule has 78 valence electrons. The zero-order valence-corrected chi connectivity index (χ0v) is 9.83. The number of nitrogens with zero attached hydrogens (tertiary/aromatic N) is 1. The van der Waals surface area contributed by atoms with Gasteiger partial charge in [-0.05, 0) is 23.3 Å². The summed E-state index contributed by atoms with van der Waals surface area (Å²) in [6, 6.07) is 8.46. The summed E-state index contributed by atoms with van der Waals surface area (Å²) >= 11 is 0. The summed E-state index contributed by atoms with van der Waals surface area (Å²) in [7, 11) is 0. The monoisotopic (exact) mass is 199 g/mol. The largest absolute Gasteiger partial charge is 0.261 e. The summed E-state index contributed by atoms with van der Waals surface area (Å²) in [6.07, 6.45) is 1.96. The number of aromatic nitrogens is 1. The minimum absolute atomic E-state index is 0.151. The van der Waals surface area contributed by atoms with Gasteiger partial charge in [0.15, 0.2) is 0 Å². The van der Waals surface area contributed by atoms with Gasteiger partial charge in [0.1, 0.15) is 0 Å². The Morgan fingerprint density at radius 1 is 1.07 bits per heavy atom. The SMILES string of the molecule is Cc1ncc2ccccc2c1C(C)(C)C. The highest BCUT2D eigenvalue weighted by molar-refractivity contribution is 5.86. The van der Waals surface area contributed by atoms with Gasteiger partial charge in [0.25, 0.3) is 0 Å². The summed E-state index contributed by atoms with van der Waals surface area (Å²) in [5, 5.41) is 2.56. The molecule has 15 heavy (non-hydrogen) atoms. The number of hydrogen-bond donors (Lipinski definition) is 0. The van der Waals surface area contributed by atoms with Gasteiger partial charge in [-0.2, -0.15) is 0 Å². The van der Waals surface area contributed by atoms with Gasteiger partial charge in [-0.3, -0.25) is 4.98 Å². The maximum Gasteiger partial charge on any atom is 0.0416 e. The standard InChI is InChI=1S/C14H17N/c1-10-13(14(2,3)4)12-8-6-5-7-11(12)9-15-10/h5-9H,1-4H3. The fourth-order valence-corrected chi connectivity index (χ4v) is 2.21. The highest BCUT2D eigenvalue weighted by atomic mass is 14.7. The Hall–Kier alpha value is -1.37. The van der Waals surface area contributed by atoms with Crippen LogP contribution >= 0.6 is 0 Å². The third-order valence-electron chi connectivity index (χ3n) is 2.74. The molecule has 0 radical (unpaired) electrons. The highest BCUT2D eigenvalue weighted by Gasteiger charge is 2.19. The topological polar surface area (TPSA) is 12.9 Å². The Morgan fingerprint density at radius 2 is 1.73 bits per heavy atom. The smallest absolute Gasteiger partial charge is 0.0416 e. The van der Waals surface area contributed by atoms with Crippen LogP contribution in [0.2, 0.25) is 0 Å². The third-order valence-corrected chi connectivity index (χ3v) is 2.74. The molecule has 2 rings (SSSR count). The van der Waals surface area contributed by atoms with Crippen molar-refractivity contribution in [1.82, 2.24) is 4.98 Å². The molecule has 1 heterocycles. The number of pyridine rings is 1. The molecule has 1 heteroatoms. The highest BCUT2D eigenvalue weighted by Crippen LogP contribution is 2.31. The van der Waals surface area contributed by atoms with Crippen molar-refractivity contribution in [2.24, 2.45) is 0 Å². The lowest BCUT2D eigenvalue weighted by molar-refractivity contribution is 0.588. The van der Waals surface area contributed by atoms with Crippen LogP contribution < -0.4 is 0 Å². The maximum atomic E-state index is 4.47. The van der Waals surface area contributed by atoms with Crippen molar-refractivity contribution >= 4 is 10.8 Å². The second-order valence-electron chi connectivity index (χ2n) is 5.06. The van der Waals surface area contributed by atoms with E-state index in [0.29, 0.717) is 0 Å². The molecule has 0 aliphatic heterocycles. The summed E-state index contributed by atoms with van der Waals surface area (Å²) in [5.74, 6) is 0. The van der Waals surface area contributed by atoms with E-state index in [0.717, 1.165) is 5.69 Å². The second kappa shape index (κ2) is 3.34. The van der Waals surface area contributed by atoms with Gasteiger partial charge in [-0.15, -0.1) is 0 Å². The second-order valence-corrected chi connectivity index (χ2v) is 5.06. The van der Waals surface area contributed by atoms with E-state index in [1.807, 2.05) is 6.20 Å². The quantitative estimate of drug-likeness (QED) is 0.628. The zero-order chi connectivity index (χ0) is 11.1. The minimum Gasteiger partial charge on any atom is -0.261 e. The number of aryl methyl sites for hydroxylation is 1. The molecule has 0 unspecified atom stereocenters. The Kier molecular flexibility index (Phi) is 2.26. The van der Waals surface area contributed by atoms with Gasteiger partial charge in [0.05, 0.1) is 0 Å². The van der Waals surface area contributed by atoms with Crippen LogP contribution in [0.5, 0.6) is 0 Å². The first kappa shape index (κ1) is 10.2. The molecule has 0 atom stereocenters. The van der Waals surface area contributed by atoms with Gasteiger partial charge in [0, 0.05) is 17.3 Å². The van der Waals surface area contributed by atoms with Crippen LogP contribution in [0.3, 0.4) is 0 Å². The first-order valence-corrected chi connectivity index (χ1v) is 5.35. The van der Waals surface area contributed by atoms with Crippen LogP contribution in [-0.4, -0.2) is 4.98 Å². The first-order valence-electron chi connectivity index (χ1n) is 5.35. The molecule has 2 aromatic rings. The van der Waals surface area contributed by atoms with E-state index in [9.17, 15) is 0 Å². The van der Waals surface area contributed by atoms with Crippen molar-refractivity contribution in [3.05, 3.63) is 41.7 Å². The summed E-state index contributed by atoms with van der Waals surface area (Å²) in [5.41, 5.74) is 2.65. The van der Waals surface area contributed by atoms with Crippen molar-refractivity contribution < 1.29 is 0 Å². The van der Waals surface area contributed by atoms with Crippen LogP contribution in [0.1, 0.15) is 32.0 Å². The maximum absolute atomic E-state index is 4.47. The molecule has 1 aromatic carbocycles. The lowest BCUT2D eigenvalue weighted by atomic mass is 9.83. The fraction of sp³-hybridized carbons (Fsp3) is 0.357. The van der Waals surface area contributed by atoms with Crippen molar-refractivity contribution in [3.8, 4) is 0 Å².